The molecule has 22 heavy (non-hydrogen) atoms. The molecule has 0 aliphatic carbocycles. The average Bonchev–Trinajstić information content (AvgIpc) is 2.56. The van der Waals surface area contributed by atoms with Gasteiger partial charge in [0.05, 0.1) is 0 Å². The number of hydrogen-bond acceptors (Lipinski definition) is 1. The van der Waals surface area contributed by atoms with Gasteiger partial charge in [0.2, 0.25) is 0 Å². The molecule has 1 aromatic rings. The molecular weight excluding hydrogens is 284 g/mol. The molecule has 0 amide bonds. The van der Waals surface area contributed by atoms with Crippen molar-refractivity contribution in [2.24, 2.45) is 0 Å². The minimum absolute atomic E-state index is 0.225. The summed E-state index contributed by atoms with van der Waals surface area (Å²) in [6.07, 6.45) is 15.5. The number of hydrogen-bond donors (Lipinski definition) is 0. The molecule has 0 fully saturated rings. The van der Waals surface area contributed by atoms with E-state index >= 15 is 0 Å². The van der Waals surface area contributed by atoms with Crippen molar-refractivity contribution in [3.05, 3.63) is 43.0 Å². The maximum Gasteiger partial charge on any atom is 0.0383 e. The molecule has 0 radical (unpaired) electrons. The van der Waals surface area contributed by atoms with Gasteiger partial charge >= 0.3 is 0 Å². The van der Waals surface area contributed by atoms with E-state index in [0.717, 1.165) is 0 Å². The van der Waals surface area contributed by atoms with Crippen molar-refractivity contribution in [1.82, 2.24) is 0 Å². The zero-order chi connectivity index (χ0) is 16.1. The minimum Gasteiger partial charge on any atom is -0.115 e. The Bertz CT molecular complexity index is 370. The summed E-state index contributed by atoms with van der Waals surface area (Å²) < 4.78 is 0.225. The molecular formula is C21H34S. The summed E-state index contributed by atoms with van der Waals surface area (Å²) in [4.78, 5) is 1.38. The van der Waals surface area contributed by atoms with Crippen LogP contribution in [0, 0.1) is 0 Å². The Balaban J connectivity index is 2.65. The highest BCUT2D eigenvalue weighted by Crippen LogP contribution is 2.42. The van der Waals surface area contributed by atoms with Gasteiger partial charge in [-0.15, -0.1) is 18.3 Å². The van der Waals surface area contributed by atoms with Gasteiger partial charge in [0.15, 0.2) is 0 Å². The fourth-order valence-electron chi connectivity index (χ4n) is 2.90. The molecule has 0 unspecified atom stereocenters. The lowest BCUT2D eigenvalue weighted by Gasteiger charge is -2.30. The molecule has 0 spiro atoms. The van der Waals surface area contributed by atoms with Gasteiger partial charge in [0, 0.05) is 9.64 Å². The molecule has 0 aromatic heterocycles. The summed E-state index contributed by atoms with van der Waals surface area (Å²) in [5, 5.41) is 0. The molecule has 0 nitrogen and oxygen atoms in total. The van der Waals surface area contributed by atoms with Crippen LogP contribution in [0.2, 0.25) is 0 Å². The summed E-state index contributed by atoms with van der Waals surface area (Å²) in [5.41, 5.74) is 0. The third kappa shape index (κ3) is 7.54. The Morgan fingerprint density at radius 2 is 1.41 bits per heavy atom. The first-order chi connectivity index (χ1) is 10.8. The zero-order valence-corrected chi connectivity index (χ0v) is 15.5. The summed E-state index contributed by atoms with van der Waals surface area (Å²) in [6.45, 7) is 8.77. The van der Waals surface area contributed by atoms with Gasteiger partial charge in [-0.1, -0.05) is 89.5 Å². The van der Waals surface area contributed by atoms with E-state index in [4.69, 9.17) is 0 Å². The van der Waals surface area contributed by atoms with Crippen molar-refractivity contribution >= 4 is 11.8 Å². The lowest BCUT2D eigenvalue weighted by Crippen LogP contribution is -2.21. The van der Waals surface area contributed by atoms with Crippen LogP contribution >= 0.6 is 11.8 Å². The third-order valence-corrected chi connectivity index (χ3v) is 5.83. The summed E-state index contributed by atoms with van der Waals surface area (Å²) in [7, 11) is 0. The predicted octanol–water partition coefficient (Wildman–Crippen LogP) is 7.64. The highest BCUT2D eigenvalue weighted by atomic mass is 32.2. The molecule has 0 N–H and O–H groups in total. The lowest BCUT2D eigenvalue weighted by atomic mass is 9.93. The zero-order valence-electron chi connectivity index (χ0n) is 14.7. The standard InChI is InChI=1S/C21H34S/c1-4-7-9-14-18-21(6-3,19-15-10-8-5-2)22-20-16-12-11-13-17-20/h6,11-13,16-17H,3-5,7-10,14-15,18-19H2,1-2H3. The maximum atomic E-state index is 4.21. The average molecular weight is 319 g/mol. The van der Waals surface area contributed by atoms with Crippen molar-refractivity contribution in [3.63, 3.8) is 0 Å². The number of benzene rings is 1. The van der Waals surface area contributed by atoms with E-state index in [9.17, 15) is 0 Å². The summed E-state index contributed by atoms with van der Waals surface area (Å²) in [6, 6.07) is 10.9. The Kier molecular flexibility index (Phi) is 10.4. The molecule has 0 aliphatic rings. The molecule has 0 aliphatic heterocycles. The Labute approximate surface area is 142 Å². The second-order valence-corrected chi connectivity index (χ2v) is 7.79. The van der Waals surface area contributed by atoms with Gasteiger partial charge < -0.3 is 0 Å². The van der Waals surface area contributed by atoms with Crippen LogP contribution in [0.3, 0.4) is 0 Å². The molecule has 0 bridgehead atoms. The Hall–Kier alpha value is -0.690. The van der Waals surface area contributed by atoms with E-state index < -0.39 is 0 Å². The van der Waals surface area contributed by atoms with Crippen LogP contribution in [0.1, 0.15) is 78.1 Å². The lowest BCUT2D eigenvalue weighted by molar-refractivity contribution is 0.506. The monoisotopic (exact) mass is 318 g/mol. The van der Waals surface area contributed by atoms with Crippen LogP contribution in [-0.4, -0.2) is 4.75 Å². The van der Waals surface area contributed by atoms with Gasteiger partial charge in [0.1, 0.15) is 0 Å². The van der Waals surface area contributed by atoms with Gasteiger partial charge in [-0.3, -0.25) is 0 Å². The summed E-state index contributed by atoms with van der Waals surface area (Å²) >= 11 is 2.03. The smallest absolute Gasteiger partial charge is 0.0383 e. The van der Waals surface area contributed by atoms with Gasteiger partial charge in [0.25, 0.3) is 0 Å². The molecule has 0 heterocycles. The number of unbranched alkanes of at least 4 members (excludes halogenated alkanes) is 6. The van der Waals surface area contributed by atoms with E-state index in [0.29, 0.717) is 0 Å². The second-order valence-electron chi connectivity index (χ2n) is 6.31. The normalized spacial score (nSPS) is 11.5. The van der Waals surface area contributed by atoms with E-state index in [2.05, 4.69) is 56.8 Å². The first kappa shape index (κ1) is 19.4. The van der Waals surface area contributed by atoms with Crippen LogP contribution in [0.4, 0.5) is 0 Å². The number of thioether (sulfide) groups is 1. The second kappa shape index (κ2) is 11.8. The fraction of sp³-hybridized carbons (Fsp3) is 0.619. The molecule has 1 rings (SSSR count). The molecule has 0 saturated heterocycles. The van der Waals surface area contributed by atoms with Crippen LogP contribution in [0.5, 0.6) is 0 Å². The largest absolute Gasteiger partial charge is 0.115 e. The first-order valence-electron chi connectivity index (χ1n) is 9.14. The van der Waals surface area contributed by atoms with Gasteiger partial charge in [-0.25, -0.2) is 0 Å². The van der Waals surface area contributed by atoms with Crippen molar-refractivity contribution < 1.29 is 0 Å². The van der Waals surface area contributed by atoms with E-state index in [1.54, 1.807) is 0 Å². The van der Waals surface area contributed by atoms with Crippen LogP contribution in [-0.2, 0) is 0 Å². The van der Waals surface area contributed by atoms with Gasteiger partial charge in [-0.05, 0) is 25.0 Å². The van der Waals surface area contributed by atoms with Crippen molar-refractivity contribution in [3.8, 4) is 0 Å². The number of rotatable bonds is 13. The van der Waals surface area contributed by atoms with Crippen molar-refractivity contribution in [2.45, 2.75) is 87.7 Å². The predicted molar refractivity (Wildman–Crippen MR) is 103 cm³/mol. The van der Waals surface area contributed by atoms with Crippen LogP contribution in [0.25, 0.3) is 0 Å². The maximum absolute atomic E-state index is 4.21. The molecule has 1 aromatic carbocycles. The molecule has 124 valence electrons. The van der Waals surface area contributed by atoms with Crippen molar-refractivity contribution in [1.29, 1.82) is 0 Å². The van der Waals surface area contributed by atoms with E-state index in [1.807, 2.05) is 11.8 Å². The Morgan fingerprint density at radius 1 is 0.864 bits per heavy atom. The van der Waals surface area contributed by atoms with E-state index in [-0.39, 0.29) is 4.75 Å². The fourth-order valence-corrected chi connectivity index (χ4v) is 4.24. The van der Waals surface area contributed by atoms with E-state index in [1.165, 1.54) is 69.1 Å². The SMILES string of the molecule is C=CC(CCCCCC)(CCCCCC)Sc1ccccc1. The Morgan fingerprint density at radius 3 is 1.86 bits per heavy atom. The highest BCUT2D eigenvalue weighted by Gasteiger charge is 2.26. The van der Waals surface area contributed by atoms with Gasteiger partial charge in [-0.2, -0.15) is 0 Å². The van der Waals surface area contributed by atoms with Crippen LogP contribution in [0.15, 0.2) is 47.9 Å². The quantitative estimate of drug-likeness (QED) is 0.204. The van der Waals surface area contributed by atoms with Crippen LogP contribution < -0.4 is 0 Å². The topological polar surface area (TPSA) is 0 Å². The molecule has 0 saturated carbocycles. The minimum atomic E-state index is 0.225. The first-order valence-corrected chi connectivity index (χ1v) is 9.95. The highest BCUT2D eigenvalue weighted by molar-refractivity contribution is 8.00. The molecule has 0 atom stereocenters. The molecule has 1 heteroatoms. The third-order valence-electron chi connectivity index (χ3n) is 4.34. The summed E-state index contributed by atoms with van der Waals surface area (Å²) in [5.74, 6) is 0. The van der Waals surface area contributed by atoms with Crippen molar-refractivity contribution in [2.75, 3.05) is 0 Å².